The molecule has 0 fully saturated rings. The first-order chi connectivity index (χ1) is 6.32. The molecule has 0 saturated carbocycles. The quantitative estimate of drug-likeness (QED) is 0.641. The monoisotopic (exact) mass is 306 g/mol. The fourth-order valence-electron chi connectivity index (χ4n) is 0.883. The number of benzene rings is 1. The van der Waals surface area contributed by atoms with E-state index in [1.54, 1.807) is 0 Å². The molecule has 0 unspecified atom stereocenters. The highest BCUT2D eigenvalue weighted by Crippen LogP contribution is 2.42. The maximum absolute atomic E-state index is 12.3. The van der Waals surface area contributed by atoms with E-state index in [0.29, 0.717) is 5.02 Å². The van der Waals surface area contributed by atoms with Gasteiger partial charge in [0, 0.05) is 10.0 Å². The van der Waals surface area contributed by atoms with Crippen LogP contribution in [-0.2, 0) is 0 Å². The highest BCUT2D eigenvalue weighted by Gasteiger charge is 2.39. The smallest absolute Gasteiger partial charge is 0.169 e. The minimum atomic E-state index is -4.36. The molecule has 0 aliphatic heterocycles. The Morgan fingerprint density at radius 3 is 2.21 bits per heavy atom. The number of halogens is 6. The third-order valence-electron chi connectivity index (χ3n) is 1.52. The van der Waals surface area contributed by atoms with Crippen molar-refractivity contribution >= 4 is 39.1 Å². The Morgan fingerprint density at radius 1 is 1.21 bits per heavy atom. The molecule has 1 aromatic carbocycles. The maximum atomic E-state index is 12.3. The Morgan fingerprint density at radius 2 is 1.79 bits per heavy atom. The molecule has 0 aliphatic rings. The van der Waals surface area contributed by atoms with Gasteiger partial charge in [0.05, 0.1) is 0 Å². The molecule has 0 nitrogen and oxygen atoms in total. The molecule has 1 rings (SSSR count). The first-order valence-corrected chi connectivity index (χ1v) is 5.15. The minimum absolute atomic E-state index is 0.00306. The molecule has 78 valence electrons. The molecule has 0 bridgehead atoms. The third kappa shape index (κ3) is 2.78. The lowest BCUT2D eigenvalue weighted by Crippen LogP contribution is -2.15. The maximum Gasteiger partial charge on any atom is 0.405 e. The minimum Gasteiger partial charge on any atom is -0.169 e. The zero-order valence-corrected chi connectivity index (χ0v) is 9.68. The van der Waals surface area contributed by atoms with Crippen LogP contribution in [0.25, 0.3) is 0 Å². The number of alkyl halides is 4. The van der Waals surface area contributed by atoms with Gasteiger partial charge in [-0.05, 0) is 17.7 Å². The van der Waals surface area contributed by atoms with Crippen molar-refractivity contribution in [3.63, 3.8) is 0 Å². The van der Waals surface area contributed by atoms with Crippen molar-refractivity contribution in [2.45, 2.75) is 11.0 Å². The van der Waals surface area contributed by atoms with Crippen molar-refractivity contribution in [3.05, 3.63) is 33.8 Å². The fourth-order valence-corrected chi connectivity index (χ4v) is 1.93. The molecule has 14 heavy (non-hydrogen) atoms. The Bertz CT molecular complexity index is 338. The van der Waals surface area contributed by atoms with Gasteiger partial charge in [-0.1, -0.05) is 45.2 Å². The van der Waals surface area contributed by atoms with Crippen LogP contribution in [-0.4, -0.2) is 6.18 Å². The first-order valence-electron chi connectivity index (χ1n) is 3.48. The first kappa shape index (κ1) is 12.1. The van der Waals surface area contributed by atoms with Crippen LogP contribution in [0.2, 0.25) is 10.0 Å². The zero-order valence-electron chi connectivity index (χ0n) is 6.58. The summed E-state index contributed by atoms with van der Waals surface area (Å²) in [4.78, 5) is -1.76. The molecule has 0 spiro atoms. The Labute approximate surface area is 97.1 Å². The van der Waals surface area contributed by atoms with Crippen LogP contribution >= 0.6 is 39.1 Å². The number of hydrogen-bond acceptors (Lipinski definition) is 0. The van der Waals surface area contributed by atoms with Crippen LogP contribution in [0.3, 0.4) is 0 Å². The Hall–Kier alpha value is 0.0700. The van der Waals surface area contributed by atoms with Gasteiger partial charge in [-0.15, -0.1) is 0 Å². The van der Waals surface area contributed by atoms with Crippen LogP contribution in [0.1, 0.15) is 10.4 Å². The van der Waals surface area contributed by atoms with Gasteiger partial charge in [0.1, 0.15) is 4.83 Å². The average molecular weight is 308 g/mol. The normalized spacial score (nSPS) is 14.1. The number of hydrogen-bond donors (Lipinski definition) is 0. The van der Waals surface area contributed by atoms with Gasteiger partial charge in [0.25, 0.3) is 0 Å². The molecule has 0 saturated heterocycles. The zero-order chi connectivity index (χ0) is 10.9. The molecular formula is C8H4BrCl2F3. The van der Waals surface area contributed by atoms with Crippen molar-refractivity contribution in [2.24, 2.45) is 0 Å². The van der Waals surface area contributed by atoms with E-state index >= 15 is 0 Å². The van der Waals surface area contributed by atoms with Crippen molar-refractivity contribution in [1.29, 1.82) is 0 Å². The molecule has 1 atom stereocenters. The molecule has 1 aromatic rings. The molecule has 0 aliphatic carbocycles. The summed E-state index contributed by atoms with van der Waals surface area (Å²) in [5.41, 5.74) is -0.0384. The highest BCUT2D eigenvalue weighted by atomic mass is 79.9. The van der Waals surface area contributed by atoms with E-state index in [2.05, 4.69) is 15.9 Å². The summed E-state index contributed by atoms with van der Waals surface area (Å²) in [7, 11) is 0. The van der Waals surface area contributed by atoms with Gasteiger partial charge in [-0.3, -0.25) is 0 Å². The molecule has 0 amide bonds. The van der Waals surface area contributed by atoms with Crippen molar-refractivity contribution in [2.75, 3.05) is 0 Å². The Balaban J connectivity index is 3.08. The van der Waals surface area contributed by atoms with Gasteiger partial charge in [0.2, 0.25) is 0 Å². The van der Waals surface area contributed by atoms with E-state index in [9.17, 15) is 13.2 Å². The van der Waals surface area contributed by atoms with Crippen molar-refractivity contribution < 1.29 is 13.2 Å². The molecule has 0 aromatic heterocycles. The van der Waals surface area contributed by atoms with E-state index in [1.807, 2.05) is 0 Å². The summed E-state index contributed by atoms with van der Waals surface area (Å²) in [6.07, 6.45) is -4.36. The van der Waals surface area contributed by atoms with Gasteiger partial charge >= 0.3 is 6.18 Å². The van der Waals surface area contributed by atoms with E-state index in [0.717, 1.165) is 0 Å². The highest BCUT2D eigenvalue weighted by molar-refractivity contribution is 9.09. The van der Waals surface area contributed by atoms with Gasteiger partial charge in [-0.2, -0.15) is 13.2 Å². The van der Waals surface area contributed by atoms with Gasteiger partial charge in [0.15, 0.2) is 0 Å². The number of rotatable bonds is 1. The topological polar surface area (TPSA) is 0 Å². The van der Waals surface area contributed by atoms with Gasteiger partial charge < -0.3 is 0 Å². The lowest BCUT2D eigenvalue weighted by Gasteiger charge is -2.15. The van der Waals surface area contributed by atoms with Crippen LogP contribution in [0.5, 0.6) is 0 Å². The van der Waals surface area contributed by atoms with Crippen LogP contribution in [0, 0.1) is 0 Å². The average Bonchev–Trinajstić information content (AvgIpc) is 2.01. The molecule has 0 radical (unpaired) electrons. The molecule has 0 heterocycles. The molecule has 6 heteroatoms. The van der Waals surface area contributed by atoms with E-state index in [1.165, 1.54) is 18.2 Å². The standard InChI is InChI=1S/C8H4BrCl2F3/c9-7(8(12,13)14)5-2-1-4(10)3-6(5)11/h1-3,7H/t7-/m1/s1. The predicted molar refractivity (Wildman–Crippen MR) is 54.2 cm³/mol. The Kier molecular flexibility index (Phi) is 3.72. The van der Waals surface area contributed by atoms with Crippen molar-refractivity contribution in [3.8, 4) is 0 Å². The van der Waals surface area contributed by atoms with Crippen LogP contribution in [0.15, 0.2) is 18.2 Å². The largest absolute Gasteiger partial charge is 0.405 e. The lowest BCUT2D eigenvalue weighted by atomic mass is 10.1. The van der Waals surface area contributed by atoms with Crippen LogP contribution < -0.4 is 0 Å². The fraction of sp³-hybridized carbons (Fsp3) is 0.250. The van der Waals surface area contributed by atoms with E-state index < -0.39 is 11.0 Å². The summed E-state index contributed by atoms with van der Waals surface area (Å²) in [6.45, 7) is 0. The molecule has 0 N–H and O–H groups in total. The SMILES string of the molecule is FC(F)(F)[C@H](Br)c1ccc(Cl)cc1Cl. The second-order valence-corrected chi connectivity index (χ2v) is 4.33. The summed E-state index contributed by atoms with van der Waals surface area (Å²) in [5, 5.41) is 0.303. The summed E-state index contributed by atoms with van der Waals surface area (Å²) in [6, 6.07) is 3.89. The predicted octanol–water partition coefficient (Wildman–Crippen LogP) is 4.99. The lowest BCUT2D eigenvalue weighted by molar-refractivity contribution is -0.128. The third-order valence-corrected chi connectivity index (χ3v) is 3.10. The van der Waals surface area contributed by atoms with E-state index in [4.69, 9.17) is 23.2 Å². The second kappa shape index (κ2) is 4.29. The van der Waals surface area contributed by atoms with Crippen molar-refractivity contribution in [1.82, 2.24) is 0 Å². The summed E-state index contributed by atoms with van der Waals surface area (Å²) < 4.78 is 36.8. The van der Waals surface area contributed by atoms with Gasteiger partial charge in [-0.25, -0.2) is 0 Å². The molecular weight excluding hydrogens is 304 g/mol. The summed E-state index contributed by atoms with van der Waals surface area (Å²) in [5.74, 6) is 0. The summed E-state index contributed by atoms with van der Waals surface area (Å²) >= 11 is 13.7. The van der Waals surface area contributed by atoms with E-state index in [-0.39, 0.29) is 10.6 Å². The van der Waals surface area contributed by atoms with Crippen LogP contribution in [0.4, 0.5) is 13.2 Å². The second-order valence-electron chi connectivity index (χ2n) is 2.57.